The second-order valence-corrected chi connectivity index (χ2v) is 10.3. The lowest BCUT2D eigenvalue weighted by atomic mass is 9.55. The van der Waals surface area contributed by atoms with Crippen LogP contribution in [0.3, 0.4) is 0 Å². The number of carbonyl (C=O) groups is 1. The molecule has 2 aromatic heterocycles. The summed E-state index contributed by atoms with van der Waals surface area (Å²) in [5.74, 6) is 0.261. The summed E-state index contributed by atoms with van der Waals surface area (Å²) in [5.41, 5.74) is 10.8. The van der Waals surface area contributed by atoms with E-state index >= 15 is 0 Å². The van der Waals surface area contributed by atoms with E-state index in [0.29, 0.717) is 23.4 Å². The summed E-state index contributed by atoms with van der Waals surface area (Å²) in [6, 6.07) is 22.8. The molecule has 2 aromatic carbocycles. The van der Waals surface area contributed by atoms with Gasteiger partial charge in [-0.2, -0.15) is 0 Å². The molecule has 1 amide bonds. The second-order valence-electron chi connectivity index (χ2n) is 10.3. The standard InChI is InChI=1S/C28H30N6O/c29-23-17-22(25-26(30-23)33-34-32-25)21(19-7-3-1-4-8-19)18-24(35)31-28-14-11-27(12-15-28,13-16-28)20-9-5-2-6-10-20/h1-10,17,21H,11-16,18H2,(H,31,35)(H3,29,30,32,33,34)/t21-,27?,28?/m1/s1. The molecular weight excluding hydrogens is 436 g/mol. The molecule has 35 heavy (non-hydrogen) atoms. The number of aromatic nitrogens is 4. The van der Waals surface area contributed by atoms with Crippen LogP contribution in [-0.2, 0) is 10.2 Å². The Balaban J connectivity index is 1.24. The number of aromatic amines is 1. The van der Waals surface area contributed by atoms with E-state index in [1.165, 1.54) is 5.56 Å². The van der Waals surface area contributed by atoms with Gasteiger partial charge in [-0.15, -0.1) is 5.10 Å². The van der Waals surface area contributed by atoms with E-state index in [1.54, 1.807) is 0 Å². The monoisotopic (exact) mass is 466 g/mol. The maximum absolute atomic E-state index is 13.6. The van der Waals surface area contributed by atoms with Crippen molar-refractivity contribution in [3.05, 3.63) is 83.4 Å². The van der Waals surface area contributed by atoms with Gasteiger partial charge < -0.3 is 11.1 Å². The minimum Gasteiger partial charge on any atom is -0.384 e. The van der Waals surface area contributed by atoms with E-state index in [2.05, 4.69) is 56.0 Å². The Morgan fingerprint density at radius 2 is 1.63 bits per heavy atom. The first-order chi connectivity index (χ1) is 17.1. The molecule has 178 valence electrons. The van der Waals surface area contributed by atoms with E-state index < -0.39 is 0 Å². The molecule has 0 saturated heterocycles. The quantitative estimate of drug-likeness (QED) is 0.384. The van der Waals surface area contributed by atoms with Crippen LogP contribution in [-0.4, -0.2) is 31.8 Å². The van der Waals surface area contributed by atoms with Crippen LogP contribution >= 0.6 is 0 Å². The molecule has 4 N–H and O–H groups in total. The number of nitrogens with two attached hydrogens (primary N) is 1. The summed E-state index contributed by atoms with van der Waals surface area (Å²) in [6.07, 6.45) is 6.78. The summed E-state index contributed by atoms with van der Waals surface area (Å²) in [5, 5.41) is 14.5. The molecule has 3 fully saturated rings. The fraction of sp³-hybridized carbons (Fsp3) is 0.357. The number of anilines is 1. The van der Waals surface area contributed by atoms with Gasteiger partial charge in [0, 0.05) is 17.9 Å². The summed E-state index contributed by atoms with van der Waals surface area (Å²) < 4.78 is 0. The van der Waals surface area contributed by atoms with Gasteiger partial charge in [0.15, 0.2) is 5.65 Å². The van der Waals surface area contributed by atoms with Crippen molar-refractivity contribution in [2.75, 3.05) is 5.73 Å². The van der Waals surface area contributed by atoms with Crippen LogP contribution in [0.4, 0.5) is 5.82 Å². The largest absolute Gasteiger partial charge is 0.384 e. The van der Waals surface area contributed by atoms with Gasteiger partial charge in [0.05, 0.1) is 0 Å². The van der Waals surface area contributed by atoms with Gasteiger partial charge in [0.2, 0.25) is 5.91 Å². The number of carbonyl (C=O) groups excluding carboxylic acids is 1. The first kappa shape index (κ1) is 21.8. The Bertz CT molecular complexity index is 1330. The minimum absolute atomic E-state index is 0.0694. The summed E-state index contributed by atoms with van der Waals surface area (Å²) in [4.78, 5) is 17.9. The Kier molecular flexibility index (Phi) is 5.28. The van der Waals surface area contributed by atoms with E-state index in [4.69, 9.17) is 5.73 Å². The van der Waals surface area contributed by atoms with Crippen molar-refractivity contribution >= 4 is 22.9 Å². The average molecular weight is 467 g/mol. The molecular formula is C28H30N6O. The van der Waals surface area contributed by atoms with Crippen LogP contribution in [0.1, 0.15) is 67.6 Å². The zero-order valence-electron chi connectivity index (χ0n) is 19.7. The second kappa shape index (κ2) is 8.48. The smallest absolute Gasteiger partial charge is 0.221 e. The fourth-order valence-electron chi connectivity index (χ4n) is 6.37. The lowest BCUT2D eigenvalue weighted by molar-refractivity contribution is -0.124. The molecule has 3 aliphatic carbocycles. The predicted molar refractivity (Wildman–Crippen MR) is 136 cm³/mol. The highest BCUT2D eigenvalue weighted by molar-refractivity contribution is 5.82. The zero-order valence-corrected chi connectivity index (χ0v) is 19.7. The molecule has 2 bridgehead atoms. The molecule has 1 atom stereocenters. The van der Waals surface area contributed by atoms with Crippen molar-refractivity contribution in [3.63, 3.8) is 0 Å². The number of rotatable bonds is 6. The molecule has 3 saturated carbocycles. The van der Waals surface area contributed by atoms with Gasteiger partial charge in [-0.25, -0.2) is 10.1 Å². The van der Waals surface area contributed by atoms with Crippen molar-refractivity contribution in [1.82, 2.24) is 25.7 Å². The minimum atomic E-state index is -0.193. The van der Waals surface area contributed by atoms with E-state index in [1.807, 2.05) is 36.4 Å². The molecule has 7 rings (SSSR count). The molecule has 2 heterocycles. The van der Waals surface area contributed by atoms with E-state index in [-0.39, 0.29) is 22.8 Å². The van der Waals surface area contributed by atoms with Gasteiger partial charge in [0.1, 0.15) is 11.3 Å². The van der Waals surface area contributed by atoms with Crippen LogP contribution in [0.25, 0.3) is 11.2 Å². The van der Waals surface area contributed by atoms with Crippen molar-refractivity contribution in [3.8, 4) is 0 Å². The van der Waals surface area contributed by atoms with Crippen molar-refractivity contribution in [1.29, 1.82) is 0 Å². The number of pyridine rings is 1. The maximum Gasteiger partial charge on any atom is 0.221 e. The lowest BCUT2D eigenvalue weighted by Gasteiger charge is -2.54. The lowest BCUT2D eigenvalue weighted by Crippen LogP contribution is -2.57. The van der Waals surface area contributed by atoms with Gasteiger partial charge in [-0.05, 0) is 66.7 Å². The summed E-state index contributed by atoms with van der Waals surface area (Å²) in [7, 11) is 0. The number of nitrogens with one attached hydrogen (secondary N) is 2. The van der Waals surface area contributed by atoms with Gasteiger partial charge in [-0.3, -0.25) is 4.79 Å². The third kappa shape index (κ3) is 3.95. The van der Waals surface area contributed by atoms with Gasteiger partial charge in [-0.1, -0.05) is 65.9 Å². The topological polar surface area (TPSA) is 110 Å². The molecule has 7 heteroatoms. The molecule has 7 nitrogen and oxygen atoms in total. The van der Waals surface area contributed by atoms with Gasteiger partial charge in [0.25, 0.3) is 0 Å². The molecule has 0 unspecified atom stereocenters. The first-order valence-electron chi connectivity index (χ1n) is 12.4. The average Bonchev–Trinajstić information content (AvgIpc) is 3.37. The third-order valence-electron chi connectivity index (χ3n) is 8.35. The van der Waals surface area contributed by atoms with Crippen molar-refractivity contribution in [2.45, 2.75) is 61.8 Å². The maximum atomic E-state index is 13.6. The molecule has 3 aliphatic rings. The molecule has 0 aliphatic heterocycles. The number of H-pyrrole nitrogens is 1. The van der Waals surface area contributed by atoms with Crippen molar-refractivity contribution < 1.29 is 4.79 Å². The first-order valence-corrected chi connectivity index (χ1v) is 12.4. The zero-order chi connectivity index (χ0) is 23.9. The highest BCUT2D eigenvalue weighted by atomic mass is 16.1. The molecule has 4 aromatic rings. The predicted octanol–water partition coefficient (Wildman–Crippen LogP) is 4.62. The number of hydrogen-bond donors (Lipinski definition) is 3. The normalized spacial score (nSPS) is 24.3. The number of nitrogen functional groups attached to an aromatic ring is 1. The summed E-state index contributed by atoms with van der Waals surface area (Å²) in [6.45, 7) is 0. The Hall–Kier alpha value is -3.74. The molecule has 0 spiro atoms. The Labute approximate surface area is 204 Å². The fourth-order valence-corrected chi connectivity index (χ4v) is 6.37. The number of fused-ring (bicyclic) bond motifs is 4. The summed E-state index contributed by atoms with van der Waals surface area (Å²) >= 11 is 0. The number of hydrogen-bond acceptors (Lipinski definition) is 5. The molecule has 0 radical (unpaired) electrons. The number of amides is 1. The van der Waals surface area contributed by atoms with Crippen LogP contribution in [0.5, 0.6) is 0 Å². The number of benzene rings is 2. The van der Waals surface area contributed by atoms with Crippen LogP contribution in [0, 0.1) is 0 Å². The number of nitrogens with zero attached hydrogens (tertiary/aromatic N) is 3. The van der Waals surface area contributed by atoms with Crippen molar-refractivity contribution in [2.24, 2.45) is 0 Å². The Morgan fingerprint density at radius 3 is 2.31 bits per heavy atom. The van der Waals surface area contributed by atoms with Crippen LogP contribution in [0.15, 0.2) is 66.7 Å². The highest BCUT2D eigenvalue weighted by Crippen LogP contribution is 2.53. The van der Waals surface area contributed by atoms with Crippen LogP contribution in [0.2, 0.25) is 0 Å². The Morgan fingerprint density at radius 1 is 0.971 bits per heavy atom. The van der Waals surface area contributed by atoms with Crippen LogP contribution < -0.4 is 11.1 Å². The highest BCUT2D eigenvalue weighted by Gasteiger charge is 2.49. The van der Waals surface area contributed by atoms with E-state index in [0.717, 1.165) is 49.7 Å². The van der Waals surface area contributed by atoms with Gasteiger partial charge >= 0.3 is 0 Å². The van der Waals surface area contributed by atoms with E-state index in [9.17, 15) is 4.79 Å². The SMILES string of the molecule is Nc1cc([C@H](CC(=O)NC23CCC(c4ccccc4)(CC2)CC3)c2ccccc2)c2nn[nH]c2n1. The third-order valence-corrected chi connectivity index (χ3v) is 8.35.